The standard InChI is InChI=1S/C15H20N2O2S2/c1-12-4-5-14(13(2)10-12)21(18,19)17-8-6-15(11-16,20-3)7-9-17/h4-5,10H,6-9H2,1-3H3. The Morgan fingerprint density at radius 3 is 2.38 bits per heavy atom. The molecule has 1 heterocycles. The lowest BCUT2D eigenvalue weighted by Crippen LogP contribution is -2.44. The van der Waals surface area contributed by atoms with E-state index in [-0.39, 0.29) is 0 Å². The number of nitriles is 1. The summed E-state index contributed by atoms with van der Waals surface area (Å²) in [6.45, 7) is 4.59. The van der Waals surface area contributed by atoms with Crippen LogP contribution in [0.5, 0.6) is 0 Å². The lowest BCUT2D eigenvalue weighted by atomic mass is 9.99. The molecule has 0 atom stereocenters. The molecule has 114 valence electrons. The van der Waals surface area contributed by atoms with Crippen LogP contribution in [0.1, 0.15) is 24.0 Å². The molecule has 0 unspecified atom stereocenters. The minimum Gasteiger partial charge on any atom is -0.207 e. The minimum absolute atomic E-state index is 0.377. The summed E-state index contributed by atoms with van der Waals surface area (Å²) in [5.74, 6) is 0. The average molecular weight is 324 g/mol. The maximum Gasteiger partial charge on any atom is 0.243 e. The number of piperidine rings is 1. The van der Waals surface area contributed by atoms with Crippen LogP contribution in [0, 0.1) is 25.2 Å². The van der Waals surface area contributed by atoms with E-state index < -0.39 is 14.8 Å². The predicted octanol–water partition coefficient (Wildman–Crippen LogP) is 2.71. The van der Waals surface area contributed by atoms with Crippen LogP contribution in [-0.4, -0.2) is 36.8 Å². The molecule has 4 nitrogen and oxygen atoms in total. The molecule has 1 aromatic carbocycles. The first-order valence-electron chi connectivity index (χ1n) is 6.88. The Balaban J connectivity index is 2.25. The maximum absolute atomic E-state index is 12.7. The Bertz CT molecular complexity index is 669. The van der Waals surface area contributed by atoms with Crippen LogP contribution >= 0.6 is 11.8 Å². The quantitative estimate of drug-likeness (QED) is 0.857. The van der Waals surface area contributed by atoms with Gasteiger partial charge in [-0.25, -0.2) is 8.42 Å². The second kappa shape index (κ2) is 5.99. The third-order valence-corrected chi connectivity index (χ3v) is 7.41. The van der Waals surface area contributed by atoms with Gasteiger partial charge >= 0.3 is 0 Å². The molecule has 0 bridgehead atoms. The predicted molar refractivity (Wildman–Crippen MR) is 85.8 cm³/mol. The van der Waals surface area contributed by atoms with Crippen molar-refractivity contribution in [3.63, 3.8) is 0 Å². The molecule has 0 spiro atoms. The zero-order valence-corrected chi connectivity index (χ0v) is 14.2. The van der Waals surface area contributed by atoms with Gasteiger partial charge in [0.15, 0.2) is 0 Å². The summed E-state index contributed by atoms with van der Waals surface area (Å²) in [5.41, 5.74) is 1.83. The van der Waals surface area contributed by atoms with Gasteiger partial charge in [0.05, 0.1) is 11.0 Å². The fourth-order valence-corrected chi connectivity index (χ4v) is 5.01. The maximum atomic E-state index is 12.7. The summed E-state index contributed by atoms with van der Waals surface area (Å²) < 4.78 is 26.6. The highest BCUT2D eigenvalue weighted by Crippen LogP contribution is 2.35. The van der Waals surface area contributed by atoms with Crippen LogP contribution in [-0.2, 0) is 10.0 Å². The van der Waals surface area contributed by atoms with E-state index in [9.17, 15) is 13.7 Å². The Hall–Kier alpha value is -1.03. The van der Waals surface area contributed by atoms with Crippen LogP contribution in [0.25, 0.3) is 0 Å². The summed E-state index contributed by atoms with van der Waals surface area (Å²) >= 11 is 1.52. The molecule has 2 rings (SSSR count). The number of hydrogen-bond acceptors (Lipinski definition) is 4. The number of hydrogen-bond donors (Lipinski definition) is 0. The average Bonchev–Trinajstić information content (AvgIpc) is 2.47. The Morgan fingerprint density at radius 1 is 1.29 bits per heavy atom. The van der Waals surface area contributed by atoms with Crippen LogP contribution in [0.3, 0.4) is 0 Å². The lowest BCUT2D eigenvalue weighted by Gasteiger charge is -2.35. The highest BCUT2D eigenvalue weighted by Gasteiger charge is 2.38. The second-order valence-electron chi connectivity index (χ2n) is 5.48. The number of aryl methyl sites for hydroxylation is 2. The molecule has 0 amide bonds. The second-order valence-corrected chi connectivity index (χ2v) is 8.58. The van der Waals surface area contributed by atoms with Gasteiger partial charge in [-0.15, -0.1) is 11.8 Å². The van der Waals surface area contributed by atoms with Crippen LogP contribution in [0.15, 0.2) is 23.1 Å². The Labute approximate surface area is 131 Å². The summed E-state index contributed by atoms with van der Waals surface area (Å²) in [5, 5.41) is 9.28. The molecule has 1 aliphatic rings. The summed E-state index contributed by atoms with van der Waals surface area (Å²) in [7, 11) is -3.46. The van der Waals surface area contributed by atoms with Crippen molar-refractivity contribution in [3.05, 3.63) is 29.3 Å². The van der Waals surface area contributed by atoms with Crippen molar-refractivity contribution in [2.75, 3.05) is 19.3 Å². The van der Waals surface area contributed by atoms with E-state index in [1.807, 2.05) is 32.2 Å². The number of sulfonamides is 1. The van der Waals surface area contributed by atoms with E-state index in [1.165, 1.54) is 16.1 Å². The molecular formula is C15H20N2O2S2. The van der Waals surface area contributed by atoms with Gasteiger partial charge in [-0.05, 0) is 44.6 Å². The molecule has 0 N–H and O–H groups in total. The van der Waals surface area contributed by atoms with Crippen molar-refractivity contribution < 1.29 is 8.42 Å². The van der Waals surface area contributed by atoms with Crippen LogP contribution in [0.4, 0.5) is 0 Å². The van der Waals surface area contributed by atoms with E-state index in [4.69, 9.17) is 0 Å². The fourth-order valence-electron chi connectivity index (χ4n) is 2.68. The van der Waals surface area contributed by atoms with Gasteiger partial charge in [0.2, 0.25) is 10.0 Å². The highest BCUT2D eigenvalue weighted by molar-refractivity contribution is 8.00. The first kappa shape index (κ1) is 16.3. The van der Waals surface area contributed by atoms with E-state index in [1.54, 1.807) is 6.07 Å². The third kappa shape index (κ3) is 3.10. The number of thioether (sulfide) groups is 1. The first-order chi connectivity index (χ1) is 9.84. The molecular weight excluding hydrogens is 304 g/mol. The van der Waals surface area contributed by atoms with Gasteiger partial charge in [0.25, 0.3) is 0 Å². The number of benzene rings is 1. The SMILES string of the molecule is CSC1(C#N)CCN(S(=O)(=O)c2ccc(C)cc2C)CC1. The van der Waals surface area contributed by atoms with Crippen molar-refractivity contribution in [1.82, 2.24) is 4.31 Å². The van der Waals surface area contributed by atoms with Crippen LogP contribution in [0.2, 0.25) is 0 Å². The molecule has 1 aromatic rings. The van der Waals surface area contributed by atoms with Crippen molar-refractivity contribution in [1.29, 1.82) is 5.26 Å². The van der Waals surface area contributed by atoms with Gasteiger partial charge in [0.1, 0.15) is 4.75 Å². The molecule has 0 saturated carbocycles. The zero-order chi connectivity index (χ0) is 15.7. The monoisotopic (exact) mass is 324 g/mol. The van der Waals surface area contributed by atoms with Crippen molar-refractivity contribution in [2.45, 2.75) is 36.3 Å². The fraction of sp³-hybridized carbons (Fsp3) is 0.533. The molecule has 6 heteroatoms. The normalized spacial score (nSPS) is 19.1. The summed E-state index contributed by atoms with van der Waals surface area (Å²) in [6.07, 6.45) is 3.07. The van der Waals surface area contributed by atoms with Crippen molar-refractivity contribution in [2.24, 2.45) is 0 Å². The Kier molecular flexibility index (Phi) is 4.66. The largest absolute Gasteiger partial charge is 0.243 e. The number of rotatable bonds is 3. The molecule has 1 saturated heterocycles. The molecule has 0 aliphatic carbocycles. The van der Waals surface area contributed by atoms with Gasteiger partial charge in [-0.1, -0.05) is 17.7 Å². The highest BCUT2D eigenvalue weighted by atomic mass is 32.2. The zero-order valence-electron chi connectivity index (χ0n) is 12.6. The Morgan fingerprint density at radius 2 is 1.90 bits per heavy atom. The van der Waals surface area contributed by atoms with E-state index in [0.717, 1.165) is 11.1 Å². The van der Waals surface area contributed by atoms with Crippen LogP contribution < -0.4 is 0 Å². The van der Waals surface area contributed by atoms with Gasteiger partial charge < -0.3 is 0 Å². The van der Waals surface area contributed by atoms with Gasteiger partial charge in [-0.2, -0.15) is 9.57 Å². The van der Waals surface area contributed by atoms with E-state index in [0.29, 0.717) is 30.8 Å². The van der Waals surface area contributed by atoms with E-state index >= 15 is 0 Å². The first-order valence-corrected chi connectivity index (χ1v) is 9.55. The van der Waals surface area contributed by atoms with Gasteiger partial charge in [-0.3, -0.25) is 0 Å². The lowest BCUT2D eigenvalue weighted by molar-refractivity contribution is 0.327. The van der Waals surface area contributed by atoms with Crippen molar-refractivity contribution in [3.8, 4) is 6.07 Å². The minimum atomic E-state index is -3.46. The van der Waals surface area contributed by atoms with E-state index in [2.05, 4.69) is 6.07 Å². The van der Waals surface area contributed by atoms with Crippen molar-refractivity contribution >= 4 is 21.8 Å². The molecule has 0 radical (unpaired) electrons. The molecule has 1 aliphatic heterocycles. The van der Waals surface area contributed by atoms with Gasteiger partial charge in [0, 0.05) is 13.1 Å². The number of nitrogens with zero attached hydrogens (tertiary/aromatic N) is 2. The molecule has 21 heavy (non-hydrogen) atoms. The molecule has 0 aromatic heterocycles. The summed E-state index contributed by atoms with van der Waals surface area (Å²) in [6, 6.07) is 7.73. The third-order valence-electron chi connectivity index (χ3n) is 4.07. The topological polar surface area (TPSA) is 61.2 Å². The summed E-state index contributed by atoms with van der Waals surface area (Å²) in [4.78, 5) is 0.377. The molecule has 1 fully saturated rings. The smallest absolute Gasteiger partial charge is 0.207 e.